The van der Waals surface area contributed by atoms with Crippen LogP contribution in [0.4, 0.5) is 0 Å². The third kappa shape index (κ3) is 4.72. The summed E-state index contributed by atoms with van der Waals surface area (Å²) < 4.78 is 17.3. The van der Waals surface area contributed by atoms with Crippen molar-refractivity contribution in [3.05, 3.63) is 78.2 Å². The van der Waals surface area contributed by atoms with Gasteiger partial charge in [-0.15, -0.1) is 0 Å². The van der Waals surface area contributed by atoms with Crippen molar-refractivity contribution in [1.82, 2.24) is 15.2 Å². The maximum absolute atomic E-state index is 10.7. The molecule has 2 heterocycles. The summed E-state index contributed by atoms with van der Waals surface area (Å²) in [6, 6.07) is 21.3. The molecule has 5 rings (SSSR count). The van der Waals surface area contributed by atoms with Crippen LogP contribution >= 0.6 is 8.30 Å². The molecule has 0 radical (unpaired) electrons. The maximum Gasteiger partial charge on any atom is 0.317 e. The van der Waals surface area contributed by atoms with Crippen molar-refractivity contribution < 1.29 is 23.4 Å². The van der Waals surface area contributed by atoms with Gasteiger partial charge in [-0.05, 0) is 35.9 Å². The second-order valence-electron chi connectivity index (χ2n) is 7.46. The summed E-state index contributed by atoms with van der Waals surface area (Å²) in [5.74, 6) is 0.767. The molecule has 33 heavy (non-hydrogen) atoms. The van der Waals surface area contributed by atoms with Gasteiger partial charge < -0.3 is 18.6 Å². The number of nitrogens with zero attached hydrogens (tertiary/aromatic N) is 2. The van der Waals surface area contributed by atoms with Crippen LogP contribution in [0.1, 0.15) is 11.5 Å². The highest BCUT2D eigenvalue weighted by Crippen LogP contribution is 2.36. The van der Waals surface area contributed by atoms with Gasteiger partial charge in [0.2, 0.25) is 11.7 Å². The molecule has 3 aromatic carbocycles. The Kier molecular flexibility index (Phi) is 5.77. The molecule has 0 spiro atoms. The van der Waals surface area contributed by atoms with E-state index in [0.29, 0.717) is 29.5 Å². The van der Waals surface area contributed by atoms with Gasteiger partial charge in [0.1, 0.15) is 16.9 Å². The Morgan fingerprint density at radius 3 is 2.73 bits per heavy atom. The highest BCUT2D eigenvalue weighted by atomic mass is 31.2. The Labute approximate surface area is 190 Å². The van der Waals surface area contributed by atoms with Crippen LogP contribution in [0.5, 0.6) is 5.75 Å². The lowest BCUT2D eigenvalue weighted by atomic mass is 10.1. The topological polar surface area (TPSA) is 111 Å². The van der Waals surface area contributed by atoms with Crippen LogP contribution in [0.3, 0.4) is 0 Å². The van der Waals surface area contributed by atoms with Crippen LogP contribution in [0.15, 0.2) is 75.7 Å². The molecule has 1 unspecified atom stereocenters. The molecule has 2 N–H and O–H groups in total. The summed E-state index contributed by atoms with van der Waals surface area (Å²) in [7, 11) is -1.12. The third-order valence-corrected chi connectivity index (χ3v) is 6.15. The molecule has 2 aromatic heterocycles. The van der Waals surface area contributed by atoms with E-state index in [4.69, 9.17) is 18.6 Å². The van der Waals surface area contributed by atoms with Crippen LogP contribution in [-0.2, 0) is 11.2 Å². The van der Waals surface area contributed by atoms with E-state index >= 15 is 0 Å². The fourth-order valence-corrected chi connectivity index (χ4v) is 4.39. The smallest absolute Gasteiger partial charge is 0.317 e. The standard InChI is InChI=1S/C24H20N3O5P/c1-33(25-14-23(28)29)32-17-8-9-18-19-12-16(7-10-20(19)30-21(18)13-17)24-26-22(31-27-24)11-15-5-3-2-4-6-15/h2-10,12-13,25H,11,14H2,1H3,(H,28,29). The summed E-state index contributed by atoms with van der Waals surface area (Å²) in [5.41, 5.74) is 3.36. The Hall–Kier alpha value is -3.74. The molecule has 0 saturated heterocycles. The largest absolute Gasteiger partial charge is 0.480 e. The predicted octanol–water partition coefficient (Wildman–Crippen LogP) is 5.22. The van der Waals surface area contributed by atoms with E-state index in [1.807, 2.05) is 73.4 Å². The minimum absolute atomic E-state index is 0.152. The number of benzene rings is 3. The molecule has 166 valence electrons. The van der Waals surface area contributed by atoms with Gasteiger partial charge in [0.25, 0.3) is 0 Å². The Morgan fingerprint density at radius 2 is 1.91 bits per heavy atom. The molecule has 5 aromatic rings. The molecule has 8 nitrogen and oxygen atoms in total. The van der Waals surface area contributed by atoms with Gasteiger partial charge in [-0.2, -0.15) is 4.98 Å². The van der Waals surface area contributed by atoms with Crippen LogP contribution < -0.4 is 9.61 Å². The zero-order valence-corrected chi connectivity index (χ0v) is 18.6. The minimum atomic E-state index is -1.12. The Bertz CT molecular complexity index is 1430. The second-order valence-corrected chi connectivity index (χ2v) is 8.96. The fraction of sp³-hybridized carbons (Fsp3) is 0.125. The fourth-order valence-electron chi connectivity index (χ4n) is 3.54. The van der Waals surface area contributed by atoms with E-state index in [2.05, 4.69) is 15.2 Å². The van der Waals surface area contributed by atoms with Crippen molar-refractivity contribution in [3.63, 3.8) is 0 Å². The van der Waals surface area contributed by atoms with E-state index in [9.17, 15) is 4.79 Å². The average molecular weight is 461 g/mol. The lowest BCUT2D eigenvalue weighted by molar-refractivity contribution is -0.135. The first-order valence-corrected chi connectivity index (χ1v) is 12.0. The number of aliphatic carboxylic acids is 1. The number of nitrogens with one attached hydrogen (secondary N) is 1. The quantitative estimate of drug-likeness (QED) is 0.303. The molecule has 0 aliphatic rings. The Balaban J connectivity index is 1.39. The van der Waals surface area contributed by atoms with Gasteiger partial charge in [-0.3, -0.25) is 9.88 Å². The monoisotopic (exact) mass is 461 g/mol. The highest BCUT2D eigenvalue weighted by Gasteiger charge is 2.14. The molecular formula is C24H20N3O5P. The number of aromatic nitrogens is 2. The first-order valence-electron chi connectivity index (χ1n) is 10.3. The zero-order valence-electron chi connectivity index (χ0n) is 17.7. The van der Waals surface area contributed by atoms with E-state index in [-0.39, 0.29) is 6.54 Å². The van der Waals surface area contributed by atoms with Crippen molar-refractivity contribution in [2.24, 2.45) is 0 Å². The van der Waals surface area contributed by atoms with Crippen molar-refractivity contribution in [3.8, 4) is 17.1 Å². The summed E-state index contributed by atoms with van der Waals surface area (Å²) >= 11 is 0. The van der Waals surface area contributed by atoms with Crippen LogP contribution in [0.25, 0.3) is 33.3 Å². The van der Waals surface area contributed by atoms with Gasteiger partial charge >= 0.3 is 5.97 Å². The van der Waals surface area contributed by atoms with Crippen molar-refractivity contribution in [1.29, 1.82) is 0 Å². The van der Waals surface area contributed by atoms with Crippen LogP contribution in [-0.4, -0.2) is 34.4 Å². The summed E-state index contributed by atoms with van der Waals surface area (Å²) in [6.45, 7) is 1.66. The van der Waals surface area contributed by atoms with Crippen molar-refractivity contribution >= 4 is 36.2 Å². The number of rotatable bonds is 8. The molecule has 9 heteroatoms. The van der Waals surface area contributed by atoms with E-state index in [0.717, 1.165) is 27.5 Å². The normalized spacial score (nSPS) is 12.3. The van der Waals surface area contributed by atoms with E-state index < -0.39 is 14.3 Å². The molecule has 0 bridgehead atoms. The number of carboxylic acids is 1. The number of furan rings is 1. The van der Waals surface area contributed by atoms with Gasteiger partial charge in [0.05, 0.1) is 13.0 Å². The summed E-state index contributed by atoms with van der Waals surface area (Å²) in [4.78, 5) is 15.3. The van der Waals surface area contributed by atoms with Gasteiger partial charge in [-0.1, -0.05) is 35.5 Å². The molecule has 0 aliphatic heterocycles. The lowest BCUT2D eigenvalue weighted by Gasteiger charge is -2.13. The van der Waals surface area contributed by atoms with Crippen molar-refractivity contribution in [2.45, 2.75) is 6.42 Å². The first-order chi connectivity index (χ1) is 16.0. The van der Waals surface area contributed by atoms with E-state index in [1.54, 1.807) is 0 Å². The first kappa shape index (κ1) is 21.1. The zero-order chi connectivity index (χ0) is 22.8. The molecule has 1 atom stereocenters. The molecule has 0 amide bonds. The second kappa shape index (κ2) is 9.02. The molecule has 0 fully saturated rings. The number of fused-ring (bicyclic) bond motifs is 3. The van der Waals surface area contributed by atoms with Gasteiger partial charge in [0, 0.05) is 29.1 Å². The van der Waals surface area contributed by atoms with Gasteiger partial charge in [-0.25, -0.2) is 0 Å². The summed E-state index contributed by atoms with van der Waals surface area (Å²) in [5, 5.41) is 17.6. The number of hydrogen-bond donors (Lipinski definition) is 2. The molecule has 0 saturated carbocycles. The number of hydrogen-bond acceptors (Lipinski definition) is 7. The SMILES string of the molecule is CP(NCC(=O)O)Oc1ccc2c(c1)oc1ccc(-c3noc(Cc4ccccc4)n3)cc12. The third-order valence-electron chi connectivity index (χ3n) is 5.06. The lowest BCUT2D eigenvalue weighted by Crippen LogP contribution is -2.19. The average Bonchev–Trinajstić information content (AvgIpc) is 3.42. The van der Waals surface area contributed by atoms with Gasteiger partial charge in [0.15, 0.2) is 8.30 Å². The minimum Gasteiger partial charge on any atom is -0.480 e. The predicted molar refractivity (Wildman–Crippen MR) is 125 cm³/mol. The highest BCUT2D eigenvalue weighted by molar-refractivity contribution is 7.49. The van der Waals surface area contributed by atoms with Crippen LogP contribution in [0.2, 0.25) is 0 Å². The number of carbonyl (C=O) groups is 1. The molecular weight excluding hydrogens is 441 g/mol. The van der Waals surface area contributed by atoms with E-state index in [1.165, 1.54) is 0 Å². The number of carboxylic acid groups (broad SMARTS) is 1. The maximum atomic E-state index is 10.7. The summed E-state index contributed by atoms with van der Waals surface area (Å²) in [6.07, 6.45) is 0.578. The van der Waals surface area contributed by atoms with Crippen molar-refractivity contribution in [2.75, 3.05) is 13.2 Å². The Morgan fingerprint density at radius 1 is 1.06 bits per heavy atom. The van der Waals surface area contributed by atoms with Crippen LogP contribution in [0, 0.1) is 0 Å². The molecule has 0 aliphatic carbocycles.